The maximum Gasteiger partial charge on any atom is 0.0236 e. The smallest absolute Gasteiger partial charge is 0.0236 e. The summed E-state index contributed by atoms with van der Waals surface area (Å²) in [5.74, 6) is 0.703. The van der Waals surface area contributed by atoms with Gasteiger partial charge in [0.05, 0.1) is 0 Å². The van der Waals surface area contributed by atoms with E-state index in [1.807, 2.05) is 0 Å². The van der Waals surface area contributed by atoms with Crippen molar-refractivity contribution in [2.24, 2.45) is 11.7 Å². The molecule has 1 aromatic carbocycles. The van der Waals surface area contributed by atoms with Gasteiger partial charge in [-0.2, -0.15) is 0 Å². The number of hydrogen-bond acceptors (Lipinski definition) is 2. The van der Waals surface area contributed by atoms with Gasteiger partial charge in [0, 0.05) is 13.1 Å². The van der Waals surface area contributed by atoms with Crippen LogP contribution in [0.2, 0.25) is 0 Å². The maximum atomic E-state index is 5.78. The zero-order valence-corrected chi connectivity index (χ0v) is 11.1. The fourth-order valence-electron chi connectivity index (χ4n) is 2.75. The summed E-state index contributed by atoms with van der Waals surface area (Å²) in [7, 11) is 0. The number of nitrogens with two attached hydrogens (primary N) is 1. The van der Waals surface area contributed by atoms with E-state index in [9.17, 15) is 0 Å². The first-order chi connectivity index (χ1) is 8.19. The molecule has 2 N–H and O–H groups in total. The number of hydrogen-bond donors (Lipinski definition) is 1. The molecule has 1 aliphatic heterocycles. The van der Waals surface area contributed by atoms with Crippen LogP contribution < -0.4 is 5.73 Å². The molecule has 1 unspecified atom stereocenters. The Morgan fingerprint density at radius 2 is 2.18 bits per heavy atom. The van der Waals surface area contributed by atoms with E-state index in [4.69, 9.17) is 5.73 Å². The summed E-state index contributed by atoms with van der Waals surface area (Å²) < 4.78 is 0. The van der Waals surface area contributed by atoms with Crippen LogP contribution in [0.4, 0.5) is 0 Å². The van der Waals surface area contributed by atoms with Gasteiger partial charge >= 0.3 is 0 Å². The summed E-state index contributed by atoms with van der Waals surface area (Å²) in [6, 6.07) is 6.77. The third-order valence-corrected chi connectivity index (χ3v) is 3.83. The number of aryl methyl sites for hydroxylation is 2. The van der Waals surface area contributed by atoms with E-state index in [0.29, 0.717) is 5.92 Å². The van der Waals surface area contributed by atoms with E-state index in [1.165, 1.54) is 42.6 Å². The quantitative estimate of drug-likeness (QED) is 0.867. The molecule has 1 fully saturated rings. The lowest BCUT2D eigenvalue weighted by molar-refractivity contribution is 0.171. The fraction of sp³-hybridized carbons (Fsp3) is 0.600. The van der Waals surface area contributed by atoms with Crippen LogP contribution in [-0.4, -0.2) is 24.5 Å². The summed E-state index contributed by atoms with van der Waals surface area (Å²) in [6.07, 6.45) is 2.60. The van der Waals surface area contributed by atoms with Gasteiger partial charge in [0.25, 0.3) is 0 Å². The molecule has 17 heavy (non-hydrogen) atoms. The molecule has 0 radical (unpaired) electrons. The highest BCUT2D eigenvalue weighted by molar-refractivity contribution is 5.30. The lowest BCUT2D eigenvalue weighted by Gasteiger charge is -2.32. The number of likely N-dealkylation sites (tertiary alicyclic amines) is 1. The summed E-state index contributed by atoms with van der Waals surface area (Å²) >= 11 is 0. The highest BCUT2D eigenvalue weighted by Gasteiger charge is 2.18. The van der Waals surface area contributed by atoms with E-state index < -0.39 is 0 Å². The van der Waals surface area contributed by atoms with Gasteiger partial charge in [-0.15, -0.1) is 0 Å². The second-order valence-electron chi connectivity index (χ2n) is 5.41. The normalized spacial score (nSPS) is 21.7. The number of benzene rings is 1. The Hall–Kier alpha value is -0.860. The third-order valence-electron chi connectivity index (χ3n) is 3.83. The molecule has 0 spiro atoms. The topological polar surface area (TPSA) is 29.3 Å². The van der Waals surface area contributed by atoms with Crippen LogP contribution in [-0.2, 0) is 6.54 Å². The minimum absolute atomic E-state index is 0.703. The molecular formula is C15H24N2. The molecule has 0 bridgehead atoms. The van der Waals surface area contributed by atoms with Crippen molar-refractivity contribution in [3.05, 3.63) is 34.9 Å². The third kappa shape index (κ3) is 3.30. The molecular weight excluding hydrogens is 208 g/mol. The Morgan fingerprint density at radius 1 is 1.35 bits per heavy atom. The van der Waals surface area contributed by atoms with Crippen molar-refractivity contribution < 1.29 is 0 Å². The Kier molecular flexibility index (Phi) is 4.19. The minimum atomic E-state index is 0.703. The minimum Gasteiger partial charge on any atom is -0.330 e. The molecule has 0 saturated carbocycles. The monoisotopic (exact) mass is 232 g/mol. The number of nitrogens with zero attached hydrogens (tertiary/aromatic N) is 1. The van der Waals surface area contributed by atoms with Crippen LogP contribution >= 0.6 is 0 Å². The summed E-state index contributed by atoms with van der Waals surface area (Å²) in [4.78, 5) is 2.55. The molecule has 1 atom stereocenters. The predicted octanol–water partition coefficient (Wildman–Crippen LogP) is 2.47. The lowest BCUT2D eigenvalue weighted by Crippen LogP contribution is -2.37. The van der Waals surface area contributed by atoms with Crippen molar-refractivity contribution >= 4 is 0 Å². The van der Waals surface area contributed by atoms with Crippen LogP contribution in [0.3, 0.4) is 0 Å². The molecule has 0 amide bonds. The van der Waals surface area contributed by atoms with Gasteiger partial charge in [0.2, 0.25) is 0 Å². The molecule has 1 heterocycles. The van der Waals surface area contributed by atoms with E-state index >= 15 is 0 Å². The van der Waals surface area contributed by atoms with Crippen molar-refractivity contribution in [2.75, 3.05) is 19.6 Å². The molecule has 1 saturated heterocycles. The molecule has 2 rings (SSSR count). The van der Waals surface area contributed by atoms with E-state index in [-0.39, 0.29) is 0 Å². The van der Waals surface area contributed by atoms with Crippen molar-refractivity contribution in [3.63, 3.8) is 0 Å². The average molecular weight is 232 g/mol. The first-order valence-electron chi connectivity index (χ1n) is 6.67. The fourth-order valence-corrected chi connectivity index (χ4v) is 2.75. The molecule has 1 aliphatic rings. The standard InChI is InChI=1S/C15H24N2/c1-12-5-6-15(13(2)8-12)11-17-7-3-4-14(9-16)10-17/h5-6,8,14H,3-4,7,9-11,16H2,1-2H3. The SMILES string of the molecule is Cc1ccc(CN2CCCC(CN)C2)c(C)c1. The molecule has 94 valence electrons. The second kappa shape index (κ2) is 5.65. The van der Waals surface area contributed by atoms with Crippen LogP contribution in [0.15, 0.2) is 18.2 Å². The van der Waals surface area contributed by atoms with Gasteiger partial charge < -0.3 is 5.73 Å². The summed E-state index contributed by atoms with van der Waals surface area (Å²) in [5.41, 5.74) is 10.0. The Balaban J connectivity index is 2.00. The number of piperidine rings is 1. The molecule has 0 aromatic heterocycles. The van der Waals surface area contributed by atoms with E-state index in [0.717, 1.165) is 13.1 Å². The van der Waals surface area contributed by atoms with Gasteiger partial charge in [-0.05, 0) is 56.8 Å². The first kappa shape index (κ1) is 12.6. The second-order valence-corrected chi connectivity index (χ2v) is 5.41. The van der Waals surface area contributed by atoms with E-state index in [2.05, 4.69) is 36.9 Å². The van der Waals surface area contributed by atoms with Crippen molar-refractivity contribution in [3.8, 4) is 0 Å². The summed E-state index contributed by atoms with van der Waals surface area (Å²) in [6.45, 7) is 8.69. The Bertz CT molecular complexity index is 373. The van der Waals surface area contributed by atoms with Gasteiger partial charge in [0.15, 0.2) is 0 Å². The van der Waals surface area contributed by atoms with Gasteiger partial charge in [-0.1, -0.05) is 23.8 Å². The molecule has 2 nitrogen and oxygen atoms in total. The largest absolute Gasteiger partial charge is 0.330 e. The Morgan fingerprint density at radius 3 is 2.88 bits per heavy atom. The van der Waals surface area contributed by atoms with E-state index in [1.54, 1.807) is 0 Å². The summed E-state index contributed by atoms with van der Waals surface area (Å²) in [5, 5.41) is 0. The van der Waals surface area contributed by atoms with Gasteiger partial charge in [0.1, 0.15) is 0 Å². The number of rotatable bonds is 3. The van der Waals surface area contributed by atoms with Crippen molar-refractivity contribution in [1.82, 2.24) is 4.90 Å². The maximum absolute atomic E-state index is 5.78. The highest BCUT2D eigenvalue weighted by Crippen LogP contribution is 2.19. The van der Waals surface area contributed by atoms with Crippen molar-refractivity contribution in [2.45, 2.75) is 33.2 Å². The molecule has 1 aromatic rings. The predicted molar refractivity (Wildman–Crippen MR) is 73.0 cm³/mol. The molecule has 2 heteroatoms. The lowest BCUT2D eigenvalue weighted by atomic mass is 9.97. The van der Waals surface area contributed by atoms with Crippen LogP contribution in [0.25, 0.3) is 0 Å². The highest BCUT2D eigenvalue weighted by atomic mass is 15.1. The zero-order chi connectivity index (χ0) is 12.3. The Labute approximate surface area is 105 Å². The van der Waals surface area contributed by atoms with Crippen LogP contribution in [0.1, 0.15) is 29.5 Å². The first-order valence-corrected chi connectivity index (χ1v) is 6.67. The van der Waals surface area contributed by atoms with Crippen LogP contribution in [0, 0.1) is 19.8 Å². The average Bonchev–Trinajstić information content (AvgIpc) is 2.33. The van der Waals surface area contributed by atoms with Crippen LogP contribution in [0.5, 0.6) is 0 Å². The molecule has 0 aliphatic carbocycles. The van der Waals surface area contributed by atoms with Gasteiger partial charge in [-0.25, -0.2) is 0 Å². The van der Waals surface area contributed by atoms with Gasteiger partial charge in [-0.3, -0.25) is 4.90 Å². The van der Waals surface area contributed by atoms with Crippen molar-refractivity contribution in [1.29, 1.82) is 0 Å². The zero-order valence-electron chi connectivity index (χ0n) is 11.1.